The van der Waals surface area contributed by atoms with Crippen LogP contribution in [0, 0.1) is 0 Å². The zero-order valence-electron chi connectivity index (χ0n) is 16.1. The Kier molecular flexibility index (Phi) is 7.35. The van der Waals surface area contributed by atoms with Crippen molar-refractivity contribution in [2.45, 2.75) is 71.1 Å². The molecule has 0 aromatic carbocycles. The number of carbonyl (C=O) groups is 1. The molecule has 2 aliphatic rings. The summed E-state index contributed by atoms with van der Waals surface area (Å²) in [4.78, 5) is 18.8. The molecule has 1 aliphatic heterocycles. The molecule has 1 saturated carbocycles. The Labute approximate surface area is 151 Å². The van der Waals surface area contributed by atoms with Gasteiger partial charge in [-0.2, -0.15) is 0 Å². The highest BCUT2D eigenvalue weighted by Gasteiger charge is 2.34. The van der Waals surface area contributed by atoms with E-state index in [0.717, 1.165) is 44.8 Å². The molecular formula is C18H34N4O3. The lowest BCUT2D eigenvalue weighted by Gasteiger charge is -2.27. The van der Waals surface area contributed by atoms with Gasteiger partial charge in [-0.1, -0.05) is 0 Å². The van der Waals surface area contributed by atoms with E-state index in [1.807, 2.05) is 32.6 Å². The third-order valence-electron chi connectivity index (χ3n) is 4.08. The average molecular weight is 354 g/mol. The summed E-state index contributed by atoms with van der Waals surface area (Å²) in [6, 6.07) is 0.322. The molecule has 7 heteroatoms. The topological polar surface area (TPSA) is 75.2 Å². The molecule has 0 bridgehead atoms. The van der Waals surface area contributed by atoms with Crippen molar-refractivity contribution in [2.75, 3.05) is 32.8 Å². The van der Waals surface area contributed by atoms with E-state index in [1.54, 1.807) is 0 Å². The fourth-order valence-electron chi connectivity index (χ4n) is 2.75. The molecule has 25 heavy (non-hydrogen) atoms. The molecule has 1 amide bonds. The van der Waals surface area contributed by atoms with Crippen LogP contribution < -0.4 is 10.6 Å². The van der Waals surface area contributed by atoms with Crippen LogP contribution >= 0.6 is 0 Å². The summed E-state index contributed by atoms with van der Waals surface area (Å²) in [5, 5.41) is 6.55. The van der Waals surface area contributed by atoms with E-state index >= 15 is 0 Å². The highest BCUT2D eigenvalue weighted by atomic mass is 16.6. The normalized spacial score (nSPS) is 21.1. The van der Waals surface area contributed by atoms with Crippen LogP contribution in [0.25, 0.3) is 0 Å². The molecule has 1 atom stereocenters. The number of rotatable bonds is 7. The van der Waals surface area contributed by atoms with E-state index in [4.69, 9.17) is 9.47 Å². The Morgan fingerprint density at radius 1 is 1.28 bits per heavy atom. The maximum atomic E-state index is 12.4. The van der Waals surface area contributed by atoms with Crippen molar-refractivity contribution in [1.29, 1.82) is 0 Å². The molecular weight excluding hydrogens is 320 g/mol. The van der Waals surface area contributed by atoms with Gasteiger partial charge in [0.15, 0.2) is 5.96 Å². The maximum Gasteiger partial charge on any atom is 0.410 e. The molecule has 2 fully saturated rings. The first-order chi connectivity index (χ1) is 11.9. The fraction of sp³-hybridized carbons (Fsp3) is 0.889. The quantitative estimate of drug-likeness (QED) is 0.541. The number of amides is 1. The smallest absolute Gasteiger partial charge is 0.410 e. The van der Waals surface area contributed by atoms with E-state index in [1.165, 1.54) is 0 Å². The van der Waals surface area contributed by atoms with Gasteiger partial charge in [0, 0.05) is 32.3 Å². The second kappa shape index (κ2) is 9.27. The van der Waals surface area contributed by atoms with Crippen molar-refractivity contribution >= 4 is 12.1 Å². The molecule has 0 radical (unpaired) electrons. The van der Waals surface area contributed by atoms with Crippen LogP contribution in [0.3, 0.4) is 0 Å². The third kappa shape index (κ3) is 7.50. The van der Waals surface area contributed by atoms with Crippen molar-refractivity contribution in [3.05, 3.63) is 0 Å². The predicted octanol–water partition coefficient (Wildman–Crippen LogP) is 2.12. The number of nitrogens with zero attached hydrogens (tertiary/aromatic N) is 2. The van der Waals surface area contributed by atoms with Gasteiger partial charge in [0.1, 0.15) is 5.60 Å². The van der Waals surface area contributed by atoms with Gasteiger partial charge in [0.05, 0.1) is 12.6 Å². The van der Waals surface area contributed by atoms with Crippen LogP contribution in [0.2, 0.25) is 0 Å². The second-order valence-electron chi connectivity index (χ2n) is 7.69. The van der Waals surface area contributed by atoms with Gasteiger partial charge >= 0.3 is 6.09 Å². The number of aliphatic imine (C=N–C) groups is 1. The van der Waals surface area contributed by atoms with Gasteiger partial charge in [0.25, 0.3) is 0 Å². The fourth-order valence-corrected chi connectivity index (χ4v) is 2.75. The number of guanidine groups is 1. The first-order valence-electron chi connectivity index (χ1n) is 9.52. The zero-order valence-corrected chi connectivity index (χ0v) is 16.1. The molecule has 144 valence electrons. The van der Waals surface area contributed by atoms with E-state index < -0.39 is 5.60 Å². The van der Waals surface area contributed by atoms with Gasteiger partial charge in [-0.15, -0.1) is 0 Å². The number of ether oxygens (including phenoxy) is 2. The Bertz CT molecular complexity index is 452. The summed E-state index contributed by atoms with van der Waals surface area (Å²) in [6.07, 6.45) is 4.34. The first-order valence-corrected chi connectivity index (χ1v) is 9.52. The summed E-state index contributed by atoms with van der Waals surface area (Å²) in [5.41, 5.74) is -0.463. The van der Waals surface area contributed by atoms with Gasteiger partial charge in [0.2, 0.25) is 0 Å². The lowest BCUT2D eigenvalue weighted by Crippen LogP contribution is -2.45. The van der Waals surface area contributed by atoms with Gasteiger partial charge in [-0.3, -0.25) is 4.99 Å². The lowest BCUT2D eigenvalue weighted by atomic mass is 10.2. The van der Waals surface area contributed by atoms with E-state index in [0.29, 0.717) is 25.7 Å². The molecule has 1 unspecified atom stereocenters. The summed E-state index contributed by atoms with van der Waals surface area (Å²) in [5.74, 6) is 0.776. The molecule has 2 N–H and O–H groups in total. The number of nitrogens with one attached hydrogen (secondary N) is 2. The Balaban J connectivity index is 1.79. The minimum atomic E-state index is -0.463. The second-order valence-corrected chi connectivity index (χ2v) is 7.69. The highest BCUT2D eigenvalue weighted by Crippen LogP contribution is 2.28. The molecule has 0 aromatic rings. The number of hydrogen-bond acceptors (Lipinski definition) is 4. The SMILES string of the molecule is CCNC(=NCC1CCCO1)NCCN(C(=O)OC(C)(C)C)C1CC1. The average Bonchev–Trinajstić information content (AvgIpc) is 3.22. The van der Waals surface area contributed by atoms with Crippen molar-refractivity contribution < 1.29 is 14.3 Å². The molecule has 7 nitrogen and oxygen atoms in total. The predicted molar refractivity (Wildman–Crippen MR) is 98.9 cm³/mol. The summed E-state index contributed by atoms with van der Waals surface area (Å²) >= 11 is 0. The lowest BCUT2D eigenvalue weighted by molar-refractivity contribution is 0.0238. The molecule has 1 heterocycles. The van der Waals surface area contributed by atoms with Gasteiger partial charge in [-0.25, -0.2) is 4.79 Å². The van der Waals surface area contributed by atoms with Gasteiger partial charge in [-0.05, 0) is 53.4 Å². The van der Waals surface area contributed by atoms with Gasteiger partial charge < -0.3 is 25.0 Å². The van der Waals surface area contributed by atoms with Crippen LogP contribution in [0.1, 0.15) is 53.4 Å². The minimum Gasteiger partial charge on any atom is -0.444 e. The zero-order chi connectivity index (χ0) is 18.3. The van der Waals surface area contributed by atoms with E-state index in [2.05, 4.69) is 15.6 Å². The molecule has 0 aromatic heterocycles. The Morgan fingerprint density at radius 3 is 2.60 bits per heavy atom. The molecule has 1 aliphatic carbocycles. The number of carbonyl (C=O) groups excluding carboxylic acids is 1. The van der Waals surface area contributed by atoms with Crippen LogP contribution in [-0.2, 0) is 9.47 Å². The molecule has 0 spiro atoms. The Morgan fingerprint density at radius 2 is 2.04 bits per heavy atom. The van der Waals surface area contributed by atoms with E-state index in [9.17, 15) is 4.79 Å². The van der Waals surface area contributed by atoms with Crippen LogP contribution in [0.15, 0.2) is 4.99 Å². The summed E-state index contributed by atoms with van der Waals surface area (Å²) < 4.78 is 11.1. The number of hydrogen-bond donors (Lipinski definition) is 2. The van der Waals surface area contributed by atoms with Crippen molar-refractivity contribution in [3.63, 3.8) is 0 Å². The van der Waals surface area contributed by atoms with Crippen LogP contribution in [0.4, 0.5) is 4.79 Å². The summed E-state index contributed by atoms with van der Waals surface area (Å²) in [7, 11) is 0. The maximum absolute atomic E-state index is 12.4. The van der Waals surface area contributed by atoms with Crippen LogP contribution in [-0.4, -0.2) is 67.5 Å². The molecule has 1 saturated heterocycles. The van der Waals surface area contributed by atoms with Crippen LogP contribution in [0.5, 0.6) is 0 Å². The van der Waals surface area contributed by atoms with E-state index in [-0.39, 0.29) is 12.2 Å². The van der Waals surface area contributed by atoms with Crippen molar-refractivity contribution in [2.24, 2.45) is 4.99 Å². The minimum absolute atomic E-state index is 0.224. The third-order valence-corrected chi connectivity index (χ3v) is 4.08. The Hall–Kier alpha value is -1.50. The van der Waals surface area contributed by atoms with Crippen molar-refractivity contribution in [1.82, 2.24) is 15.5 Å². The molecule has 2 rings (SSSR count). The standard InChI is InChI=1S/C18H34N4O3/c1-5-19-16(21-13-15-7-6-12-24-15)20-10-11-22(14-8-9-14)17(23)25-18(2,3)4/h14-15H,5-13H2,1-4H3,(H2,19,20,21). The monoisotopic (exact) mass is 354 g/mol. The van der Waals surface area contributed by atoms with Crippen molar-refractivity contribution in [3.8, 4) is 0 Å². The first kappa shape index (κ1) is 19.8. The summed E-state index contributed by atoms with van der Waals surface area (Å²) in [6.45, 7) is 11.3. The highest BCUT2D eigenvalue weighted by molar-refractivity contribution is 5.79. The largest absolute Gasteiger partial charge is 0.444 e.